The molecule has 0 saturated heterocycles. The highest BCUT2D eigenvalue weighted by Gasteiger charge is 2.05. The molecule has 2 aromatic carbocycles. The second-order valence-electron chi connectivity index (χ2n) is 5.85. The number of hydrogen-bond acceptors (Lipinski definition) is 3. The molecule has 0 spiro atoms. The Bertz CT molecular complexity index is 720. The summed E-state index contributed by atoms with van der Waals surface area (Å²) in [7, 11) is 0. The SMILES string of the molecule is C=C(C)COc1ccc(NC(=O)COc2ccc(C)c(C)c2)cc1. The number of anilines is 1. The van der Waals surface area contributed by atoms with Crippen LogP contribution in [-0.4, -0.2) is 19.1 Å². The molecule has 2 rings (SSSR count). The molecule has 2 aromatic rings. The Morgan fingerprint density at radius 1 is 0.958 bits per heavy atom. The number of carbonyl (C=O) groups is 1. The van der Waals surface area contributed by atoms with Gasteiger partial charge in [-0.05, 0) is 73.9 Å². The third-order valence-corrected chi connectivity index (χ3v) is 3.47. The van der Waals surface area contributed by atoms with Gasteiger partial charge in [0.15, 0.2) is 6.61 Å². The Hall–Kier alpha value is -2.75. The van der Waals surface area contributed by atoms with Crippen molar-refractivity contribution in [3.05, 3.63) is 65.7 Å². The van der Waals surface area contributed by atoms with Gasteiger partial charge in [-0.1, -0.05) is 12.6 Å². The lowest BCUT2D eigenvalue weighted by Crippen LogP contribution is -2.20. The van der Waals surface area contributed by atoms with Crippen molar-refractivity contribution in [3.63, 3.8) is 0 Å². The van der Waals surface area contributed by atoms with Crippen molar-refractivity contribution in [3.8, 4) is 11.5 Å². The Balaban J connectivity index is 1.83. The van der Waals surface area contributed by atoms with Crippen LogP contribution in [0.2, 0.25) is 0 Å². The van der Waals surface area contributed by atoms with E-state index in [9.17, 15) is 4.79 Å². The lowest BCUT2D eigenvalue weighted by atomic mass is 10.1. The zero-order valence-electron chi connectivity index (χ0n) is 14.4. The Morgan fingerprint density at radius 2 is 1.58 bits per heavy atom. The summed E-state index contributed by atoms with van der Waals surface area (Å²) < 4.78 is 11.0. The minimum absolute atomic E-state index is 0.0313. The van der Waals surface area contributed by atoms with Gasteiger partial charge in [-0.15, -0.1) is 0 Å². The van der Waals surface area contributed by atoms with E-state index in [-0.39, 0.29) is 12.5 Å². The average Bonchev–Trinajstić information content (AvgIpc) is 2.55. The first-order valence-electron chi connectivity index (χ1n) is 7.81. The molecule has 1 amide bonds. The van der Waals surface area contributed by atoms with Crippen LogP contribution in [0.3, 0.4) is 0 Å². The van der Waals surface area contributed by atoms with Crippen molar-refractivity contribution in [1.29, 1.82) is 0 Å². The molecule has 4 nitrogen and oxygen atoms in total. The van der Waals surface area contributed by atoms with Crippen LogP contribution in [-0.2, 0) is 4.79 Å². The predicted octanol–water partition coefficient (Wildman–Crippen LogP) is 4.28. The normalized spacial score (nSPS) is 10.1. The summed E-state index contributed by atoms with van der Waals surface area (Å²) in [4.78, 5) is 12.0. The van der Waals surface area contributed by atoms with E-state index in [1.165, 1.54) is 5.56 Å². The Kier molecular flexibility index (Phi) is 6.01. The molecular formula is C20H23NO3. The van der Waals surface area contributed by atoms with Crippen molar-refractivity contribution >= 4 is 11.6 Å². The molecule has 0 radical (unpaired) electrons. The number of aryl methyl sites for hydroxylation is 2. The van der Waals surface area contributed by atoms with Gasteiger partial charge in [0.1, 0.15) is 18.1 Å². The van der Waals surface area contributed by atoms with Crippen LogP contribution < -0.4 is 14.8 Å². The van der Waals surface area contributed by atoms with Crippen LogP contribution in [0.1, 0.15) is 18.1 Å². The van der Waals surface area contributed by atoms with Gasteiger partial charge in [-0.25, -0.2) is 0 Å². The quantitative estimate of drug-likeness (QED) is 0.773. The summed E-state index contributed by atoms with van der Waals surface area (Å²) in [5.41, 5.74) is 3.99. The monoisotopic (exact) mass is 325 g/mol. The number of rotatable bonds is 7. The van der Waals surface area contributed by atoms with E-state index in [2.05, 4.69) is 11.9 Å². The fourth-order valence-electron chi connectivity index (χ4n) is 1.99. The lowest BCUT2D eigenvalue weighted by Gasteiger charge is -2.10. The minimum atomic E-state index is -0.205. The Morgan fingerprint density at radius 3 is 2.21 bits per heavy atom. The maximum Gasteiger partial charge on any atom is 0.262 e. The maximum absolute atomic E-state index is 12.0. The van der Waals surface area contributed by atoms with E-state index in [0.717, 1.165) is 16.9 Å². The molecule has 0 aliphatic heterocycles. The van der Waals surface area contributed by atoms with Gasteiger partial charge in [0, 0.05) is 5.69 Å². The highest BCUT2D eigenvalue weighted by molar-refractivity contribution is 5.91. The van der Waals surface area contributed by atoms with Crippen LogP contribution in [0, 0.1) is 13.8 Å². The van der Waals surface area contributed by atoms with Crippen LogP contribution in [0.4, 0.5) is 5.69 Å². The number of carbonyl (C=O) groups excluding carboxylic acids is 1. The molecule has 0 fully saturated rings. The molecule has 0 aliphatic carbocycles. The maximum atomic E-state index is 12.0. The number of nitrogens with one attached hydrogen (secondary N) is 1. The molecule has 0 aromatic heterocycles. The van der Waals surface area contributed by atoms with E-state index in [4.69, 9.17) is 9.47 Å². The van der Waals surface area contributed by atoms with Crippen molar-refractivity contribution in [2.24, 2.45) is 0 Å². The second kappa shape index (κ2) is 8.20. The molecule has 0 unspecified atom stereocenters. The molecular weight excluding hydrogens is 302 g/mol. The highest BCUT2D eigenvalue weighted by atomic mass is 16.5. The minimum Gasteiger partial charge on any atom is -0.489 e. The molecule has 24 heavy (non-hydrogen) atoms. The Labute approximate surface area is 143 Å². The molecule has 0 aliphatic rings. The van der Waals surface area contributed by atoms with E-state index >= 15 is 0 Å². The lowest BCUT2D eigenvalue weighted by molar-refractivity contribution is -0.118. The third kappa shape index (κ3) is 5.47. The van der Waals surface area contributed by atoms with E-state index in [1.807, 2.05) is 51.1 Å². The van der Waals surface area contributed by atoms with Crippen molar-refractivity contribution < 1.29 is 14.3 Å². The summed E-state index contributed by atoms with van der Waals surface area (Å²) in [6.45, 7) is 10.2. The topological polar surface area (TPSA) is 47.6 Å². The summed E-state index contributed by atoms with van der Waals surface area (Å²) >= 11 is 0. The van der Waals surface area contributed by atoms with Gasteiger partial charge < -0.3 is 14.8 Å². The van der Waals surface area contributed by atoms with Crippen molar-refractivity contribution in [1.82, 2.24) is 0 Å². The smallest absolute Gasteiger partial charge is 0.262 e. The zero-order valence-corrected chi connectivity index (χ0v) is 14.4. The summed E-state index contributed by atoms with van der Waals surface area (Å²) in [6.07, 6.45) is 0. The van der Waals surface area contributed by atoms with E-state index in [1.54, 1.807) is 12.1 Å². The molecule has 0 saturated carbocycles. The molecule has 0 bridgehead atoms. The number of ether oxygens (including phenoxy) is 2. The number of hydrogen-bond donors (Lipinski definition) is 1. The van der Waals surface area contributed by atoms with Crippen molar-refractivity contribution in [2.45, 2.75) is 20.8 Å². The van der Waals surface area contributed by atoms with Crippen LogP contribution in [0.5, 0.6) is 11.5 Å². The third-order valence-electron chi connectivity index (χ3n) is 3.47. The summed E-state index contributed by atoms with van der Waals surface area (Å²) in [5, 5.41) is 2.79. The zero-order chi connectivity index (χ0) is 17.5. The molecule has 0 atom stereocenters. The van der Waals surface area contributed by atoms with E-state index in [0.29, 0.717) is 18.0 Å². The fraction of sp³-hybridized carbons (Fsp3) is 0.250. The molecule has 126 valence electrons. The highest BCUT2D eigenvalue weighted by Crippen LogP contribution is 2.18. The first-order valence-corrected chi connectivity index (χ1v) is 7.81. The first-order chi connectivity index (χ1) is 11.4. The van der Waals surface area contributed by atoms with E-state index < -0.39 is 0 Å². The predicted molar refractivity (Wildman–Crippen MR) is 96.8 cm³/mol. The van der Waals surface area contributed by atoms with Crippen LogP contribution >= 0.6 is 0 Å². The molecule has 1 N–H and O–H groups in total. The first kappa shape index (κ1) is 17.6. The van der Waals surface area contributed by atoms with Crippen molar-refractivity contribution in [2.75, 3.05) is 18.5 Å². The summed E-state index contributed by atoms with van der Waals surface area (Å²) in [6, 6.07) is 13.0. The summed E-state index contributed by atoms with van der Waals surface area (Å²) in [5.74, 6) is 1.23. The largest absolute Gasteiger partial charge is 0.489 e. The number of amides is 1. The van der Waals surface area contributed by atoms with Crippen LogP contribution in [0.15, 0.2) is 54.6 Å². The fourth-order valence-corrected chi connectivity index (χ4v) is 1.99. The van der Waals surface area contributed by atoms with Crippen LogP contribution in [0.25, 0.3) is 0 Å². The molecule has 4 heteroatoms. The van der Waals surface area contributed by atoms with Gasteiger partial charge in [-0.3, -0.25) is 4.79 Å². The van der Waals surface area contributed by atoms with Gasteiger partial charge in [-0.2, -0.15) is 0 Å². The molecule has 0 heterocycles. The van der Waals surface area contributed by atoms with Gasteiger partial charge in [0.05, 0.1) is 0 Å². The second-order valence-corrected chi connectivity index (χ2v) is 5.85. The average molecular weight is 325 g/mol. The standard InChI is InChI=1S/C20H23NO3/c1-14(2)12-23-18-9-6-17(7-10-18)21-20(22)13-24-19-8-5-15(3)16(4)11-19/h5-11H,1,12-13H2,2-4H3,(H,21,22). The number of benzene rings is 2. The van der Waals surface area contributed by atoms with Gasteiger partial charge >= 0.3 is 0 Å². The van der Waals surface area contributed by atoms with Gasteiger partial charge in [0.2, 0.25) is 0 Å². The van der Waals surface area contributed by atoms with Gasteiger partial charge in [0.25, 0.3) is 5.91 Å².